The molecule has 0 amide bonds. The van der Waals surface area contributed by atoms with E-state index < -0.39 is 33.4 Å². The van der Waals surface area contributed by atoms with E-state index in [9.17, 15) is 19.5 Å². The Hall–Kier alpha value is -1.89. The van der Waals surface area contributed by atoms with E-state index in [1.807, 2.05) is 26.8 Å². The molecular weight excluding hydrogens is 491 g/mol. The van der Waals surface area contributed by atoms with E-state index in [0.717, 1.165) is 5.57 Å². The van der Waals surface area contributed by atoms with Crippen molar-refractivity contribution in [2.24, 2.45) is 28.6 Å². The lowest BCUT2D eigenvalue weighted by Gasteiger charge is -2.64. The lowest BCUT2D eigenvalue weighted by atomic mass is 9.45. The van der Waals surface area contributed by atoms with E-state index in [2.05, 4.69) is 0 Å². The van der Waals surface area contributed by atoms with Crippen LogP contribution in [0.4, 0.5) is 0 Å². The topological polar surface area (TPSA) is 93.8 Å². The highest BCUT2D eigenvalue weighted by Crippen LogP contribution is 2.72. The number of hydrogen-bond donors (Lipinski definition) is 1. The fourth-order valence-corrected chi connectivity index (χ4v) is 8.81. The minimum Gasteiger partial charge on any atom is -0.457 e. The monoisotopic (exact) mass is 520 g/mol. The summed E-state index contributed by atoms with van der Waals surface area (Å²) in [7, 11) is 0. The number of rotatable bonds is 4. The molecule has 0 aliphatic heterocycles. The van der Waals surface area contributed by atoms with Gasteiger partial charge in [0.2, 0.25) is 5.76 Å². The normalized spacial score (nSPS) is 44.2. The molecule has 4 aliphatic carbocycles. The summed E-state index contributed by atoms with van der Waals surface area (Å²) in [6.07, 6.45) is 7.44. The quantitative estimate of drug-likeness (QED) is 0.449. The molecule has 8 atom stereocenters. The van der Waals surface area contributed by atoms with E-state index in [-0.39, 0.29) is 47.4 Å². The molecule has 3 fully saturated rings. The Morgan fingerprint density at radius 2 is 2.03 bits per heavy atom. The van der Waals surface area contributed by atoms with Crippen LogP contribution >= 0.6 is 23.2 Å². The number of fused-ring (bicyclic) bond motifs is 5. The Bertz CT molecular complexity index is 1140. The van der Waals surface area contributed by atoms with Gasteiger partial charge in [-0.2, -0.15) is 0 Å². The van der Waals surface area contributed by atoms with E-state index >= 15 is 0 Å². The zero-order valence-corrected chi connectivity index (χ0v) is 21.6. The van der Waals surface area contributed by atoms with Crippen molar-refractivity contribution in [3.63, 3.8) is 0 Å². The number of ether oxygens (including phenoxy) is 1. The smallest absolute Gasteiger partial charge is 0.375 e. The first kappa shape index (κ1) is 24.8. The standard InChI is InChI=1S/C27H30Cl2O6/c1-15-11-19-18-7-6-16-12-17(30)8-9-24(16,2)26(18,29)21(31)13-25(19,3)27(15,22(32)14-28)35-23(33)20-5-4-10-34-20/h4-5,8-10,12,15,18-19,21,31H,6-7,11,13-14H2,1-3H3/t15-,18?,19-,21-,24-,25-,26-,27-/m0/s1. The van der Waals surface area contributed by atoms with Crippen LogP contribution < -0.4 is 0 Å². The number of allylic oxidation sites excluding steroid dienone is 4. The maximum absolute atomic E-state index is 13.6. The highest BCUT2D eigenvalue weighted by atomic mass is 35.5. The molecule has 8 heteroatoms. The van der Waals surface area contributed by atoms with Crippen LogP contribution in [-0.4, -0.2) is 45.1 Å². The van der Waals surface area contributed by atoms with Gasteiger partial charge in [-0.3, -0.25) is 9.59 Å². The van der Waals surface area contributed by atoms with Gasteiger partial charge in [-0.15, -0.1) is 23.2 Å². The van der Waals surface area contributed by atoms with Gasteiger partial charge in [0.05, 0.1) is 23.1 Å². The van der Waals surface area contributed by atoms with Gasteiger partial charge < -0.3 is 14.3 Å². The molecule has 6 nitrogen and oxygen atoms in total. The Kier molecular flexibility index (Phi) is 5.71. The first-order valence-corrected chi connectivity index (χ1v) is 13.0. The van der Waals surface area contributed by atoms with Crippen molar-refractivity contribution in [1.82, 2.24) is 0 Å². The van der Waals surface area contributed by atoms with Crippen molar-refractivity contribution in [2.45, 2.75) is 63.0 Å². The molecule has 1 unspecified atom stereocenters. The number of carbonyl (C=O) groups is 3. The molecule has 35 heavy (non-hydrogen) atoms. The molecule has 5 rings (SSSR count). The van der Waals surface area contributed by atoms with E-state index in [1.54, 1.807) is 12.1 Å². The van der Waals surface area contributed by atoms with E-state index in [0.29, 0.717) is 19.3 Å². The summed E-state index contributed by atoms with van der Waals surface area (Å²) in [5, 5.41) is 11.8. The summed E-state index contributed by atoms with van der Waals surface area (Å²) in [5.74, 6) is -2.12. The van der Waals surface area contributed by atoms with E-state index in [1.165, 1.54) is 18.4 Å². The molecule has 0 spiro atoms. The Balaban J connectivity index is 1.61. The molecule has 1 heterocycles. The molecular formula is C27H30Cl2O6. The van der Waals surface area contributed by atoms with Gasteiger partial charge in [-0.1, -0.05) is 32.4 Å². The van der Waals surface area contributed by atoms with Gasteiger partial charge in [0, 0.05) is 16.7 Å². The number of carbonyl (C=O) groups excluding carboxylic acids is 3. The summed E-state index contributed by atoms with van der Waals surface area (Å²) < 4.78 is 11.3. The average Bonchev–Trinajstić information content (AvgIpc) is 3.42. The number of esters is 1. The van der Waals surface area contributed by atoms with Crippen molar-refractivity contribution in [3.8, 4) is 0 Å². The number of hydrogen-bond acceptors (Lipinski definition) is 6. The third-order valence-corrected chi connectivity index (χ3v) is 10.9. The van der Waals surface area contributed by atoms with E-state index in [4.69, 9.17) is 32.4 Å². The molecule has 188 valence electrons. The Morgan fingerprint density at radius 3 is 2.69 bits per heavy atom. The first-order valence-electron chi connectivity index (χ1n) is 12.1. The summed E-state index contributed by atoms with van der Waals surface area (Å²) in [5.41, 5.74) is -2.20. The second kappa shape index (κ2) is 8.06. The maximum atomic E-state index is 13.6. The molecule has 1 aromatic heterocycles. The number of alkyl halides is 2. The maximum Gasteiger partial charge on any atom is 0.375 e. The molecule has 3 saturated carbocycles. The molecule has 0 saturated heterocycles. The Labute approximate surface area is 214 Å². The fourth-order valence-electron chi connectivity index (χ4n) is 8.09. The highest BCUT2D eigenvalue weighted by molar-refractivity contribution is 6.29. The fraction of sp³-hybridized carbons (Fsp3) is 0.593. The van der Waals surface area contributed by atoms with Gasteiger partial charge in [-0.25, -0.2) is 4.79 Å². The zero-order valence-electron chi connectivity index (χ0n) is 20.1. The van der Waals surface area contributed by atoms with Gasteiger partial charge in [0.15, 0.2) is 17.2 Å². The predicted molar refractivity (Wildman–Crippen MR) is 130 cm³/mol. The lowest BCUT2D eigenvalue weighted by molar-refractivity contribution is -0.177. The van der Waals surface area contributed by atoms with Crippen molar-refractivity contribution in [1.29, 1.82) is 0 Å². The Morgan fingerprint density at radius 1 is 1.29 bits per heavy atom. The molecule has 0 aromatic carbocycles. The van der Waals surface area contributed by atoms with Crippen LogP contribution in [0.2, 0.25) is 0 Å². The summed E-state index contributed by atoms with van der Waals surface area (Å²) in [4.78, 5) is 37.7. The van der Waals surface area contributed by atoms with Crippen LogP contribution in [-0.2, 0) is 14.3 Å². The summed E-state index contributed by atoms with van der Waals surface area (Å²) >= 11 is 13.6. The third-order valence-electron chi connectivity index (χ3n) is 9.69. The van der Waals surface area contributed by atoms with Crippen LogP contribution in [0, 0.1) is 28.6 Å². The lowest BCUT2D eigenvalue weighted by Crippen LogP contribution is -2.69. The third kappa shape index (κ3) is 3.02. The molecule has 1 aromatic rings. The van der Waals surface area contributed by atoms with Crippen LogP contribution in [0.1, 0.15) is 57.0 Å². The second-order valence-electron chi connectivity index (χ2n) is 11.1. The zero-order chi connectivity index (χ0) is 25.4. The number of aliphatic hydroxyl groups is 1. The van der Waals surface area contributed by atoms with Crippen LogP contribution in [0.25, 0.3) is 0 Å². The predicted octanol–water partition coefficient (Wildman–Crippen LogP) is 4.87. The largest absolute Gasteiger partial charge is 0.457 e. The number of halogens is 2. The number of Topliss-reactive ketones (excluding diaryl/α,β-unsaturated/α-hetero) is 1. The number of ketones is 2. The molecule has 1 N–H and O–H groups in total. The minimum atomic E-state index is -1.53. The number of furan rings is 1. The SMILES string of the molecule is C[C@H]1C[C@H]2C3CCC4=CC(=O)C=C[C@]4(C)[C@@]3(Cl)[C@@H](O)C[C@]2(C)[C@@]1(OC(=O)c1ccco1)C(=O)CCl. The number of aliphatic hydroxyl groups excluding tert-OH is 1. The van der Waals surface area contributed by atoms with Gasteiger partial charge in [-0.05, 0) is 61.8 Å². The first-order chi connectivity index (χ1) is 16.5. The highest BCUT2D eigenvalue weighted by Gasteiger charge is 2.76. The van der Waals surface area contributed by atoms with Gasteiger partial charge in [0.25, 0.3) is 0 Å². The van der Waals surface area contributed by atoms with Crippen LogP contribution in [0.3, 0.4) is 0 Å². The van der Waals surface area contributed by atoms with Gasteiger partial charge in [0.1, 0.15) is 0 Å². The minimum absolute atomic E-state index is 0.00557. The van der Waals surface area contributed by atoms with Crippen molar-refractivity contribution < 1.29 is 28.6 Å². The molecule has 0 bridgehead atoms. The van der Waals surface area contributed by atoms with Crippen molar-refractivity contribution in [3.05, 3.63) is 48.0 Å². The average molecular weight is 521 g/mol. The van der Waals surface area contributed by atoms with Crippen molar-refractivity contribution in [2.75, 3.05) is 5.88 Å². The second-order valence-corrected chi connectivity index (χ2v) is 12.0. The van der Waals surface area contributed by atoms with Crippen LogP contribution in [0.5, 0.6) is 0 Å². The molecule has 0 radical (unpaired) electrons. The van der Waals surface area contributed by atoms with Gasteiger partial charge >= 0.3 is 5.97 Å². The summed E-state index contributed by atoms with van der Waals surface area (Å²) in [6.45, 7) is 5.81. The summed E-state index contributed by atoms with van der Waals surface area (Å²) in [6, 6.07) is 3.07. The van der Waals surface area contributed by atoms with Crippen molar-refractivity contribution >= 4 is 40.7 Å². The molecule has 4 aliphatic rings. The van der Waals surface area contributed by atoms with Crippen LogP contribution in [0.15, 0.2) is 46.6 Å².